The summed E-state index contributed by atoms with van der Waals surface area (Å²) < 4.78 is 18.3. The lowest BCUT2D eigenvalue weighted by Gasteiger charge is -2.27. The highest BCUT2D eigenvalue weighted by Crippen LogP contribution is 2.40. The molecule has 0 aliphatic carbocycles. The Balaban J connectivity index is 0.00000306. The van der Waals surface area contributed by atoms with E-state index >= 15 is 0 Å². The highest BCUT2D eigenvalue weighted by Gasteiger charge is 2.24. The van der Waals surface area contributed by atoms with Gasteiger partial charge in [-0.2, -0.15) is 0 Å². The molecule has 0 unspecified atom stereocenters. The van der Waals surface area contributed by atoms with Gasteiger partial charge >= 0.3 is 0 Å². The fourth-order valence-corrected chi connectivity index (χ4v) is 5.06. The van der Waals surface area contributed by atoms with E-state index in [2.05, 4.69) is 20.8 Å². The molecule has 4 rings (SSSR count). The van der Waals surface area contributed by atoms with Crippen LogP contribution in [0.3, 0.4) is 0 Å². The molecular formula is C23H27BrClN3O4S. The molecule has 0 bridgehead atoms. The Labute approximate surface area is 212 Å². The van der Waals surface area contributed by atoms with Gasteiger partial charge in [0, 0.05) is 36.2 Å². The van der Waals surface area contributed by atoms with Gasteiger partial charge in [0.25, 0.3) is 5.91 Å². The summed E-state index contributed by atoms with van der Waals surface area (Å²) in [5, 5.41) is 0.637. The molecule has 7 nitrogen and oxygen atoms in total. The van der Waals surface area contributed by atoms with Crippen LogP contribution >= 0.6 is 39.7 Å². The minimum absolute atomic E-state index is 0. The van der Waals surface area contributed by atoms with Crippen molar-refractivity contribution in [2.75, 3.05) is 58.5 Å². The van der Waals surface area contributed by atoms with Gasteiger partial charge in [-0.15, -0.1) is 12.4 Å². The predicted molar refractivity (Wildman–Crippen MR) is 138 cm³/mol. The molecule has 2 heterocycles. The van der Waals surface area contributed by atoms with Gasteiger partial charge in [0.15, 0.2) is 5.13 Å². The van der Waals surface area contributed by atoms with Crippen molar-refractivity contribution in [3.8, 4) is 11.5 Å². The van der Waals surface area contributed by atoms with Crippen molar-refractivity contribution < 1.29 is 19.0 Å². The van der Waals surface area contributed by atoms with Crippen LogP contribution in [0.4, 0.5) is 5.13 Å². The first-order valence-corrected chi connectivity index (χ1v) is 12.1. The number of carbonyl (C=O) groups excluding carboxylic acids is 1. The van der Waals surface area contributed by atoms with Crippen LogP contribution in [-0.4, -0.2) is 69.4 Å². The minimum atomic E-state index is -0.0727. The predicted octanol–water partition coefficient (Wildman–Crippen LogP) is 4.87. The Morgan fingerprint density at radius 2 is 1.79 bits per heavy atom. The van der Waals surface area contributed by atoms with Gasteiger partial charge in [-0.25, -0.2) is 4.98 Å². The summed E-state index contributed by atoms with van der Waals surface area (Å²) in [5.74, 6) is 1.30. The smallest absolute Gasteiger partial charge is 0.260 e. The number of fused-ring (bicyclic) bond motifs is 1. The molecule has 1 aliphatic heterocycles. The topological polar surface area (TPSA) is 64.1 Å². The number of halogens is 2. The number of nitrogens with zero attached hydrogens (tertiary/aromatic N) is 3. The van der Waals surface area contributed by atoms with E-state index in [1.165, 1.54) is 11.3 Å². The number of carbonyl (C=O) groups is 1. The van der Waals surface area contributed by atoms with Crippen LogP contribution in [0, 0.1) is 0 Å². The van der Waals surface area contributed by atoms with E-state index in [1.54, 1.807) is 19.1 Å². The lowest BCUT2D eigenvalue weighted by molar-refractivity contribution is 0.0376. The molecule has 10 heteroatoms. The van der Waals surface area contributed by atoms with E-state index in [0.717, 1.165) is 48.4 Å². The molecular weight excluding hydrogens is 530 g/mol. The Morgan fingerprint density at radius 1 is 1.12 bits per heavy atom. The zero-order valence-corrected chi connectivity index (χ0v) is 21.8. The van der Waals surface area contributed by atoms with E-state index < -0.39 is 0 Å². The van der Waals surface area contributed by atoms with E-state index in [1.807, 2.05) is 36.4 Å². The Morgan fingerprint density at radius 3 is 2.45 bits per heavy atom. The van der Waals surface area contributed by atoms with Gasteiger partial charge in [0.2, 0.25) is 0 Å². The fraction of sp³-hybridized carbons (Fsp3) is 0.391. The van der Waals surface area contributed by atoms with Crippen molar-refractivity contribution >= 4 is 60.9 Å². The number of anilines is 1. The third-order valence-electron chi connectivity index (χ3n) is 5.43. The average Bonchev–Trinajstić information content (AvgIpc) is 3.27. The lowest BCUT2D eigenvalue weighted by Crippen LogP contribution is -2.39. The van der Waals surface area contributed by atoms with Crippen molar-refractivity contribution in [1.82, 2.24) is 9.88 Å². The SMILES string of the molecule is COc1ccc(OC)c2sc(N(CCCN3CCOCC3)C(=O)c3ccc(Br)cc3)nc12.Cl. The van der Waals surface area contributed by atoms with Gasteiger partial charge in [-0.05, 0) is 42.8 Å². The first kappa shape index (κ1) is 25.7. The third-order valence-corrected chi connectivity index (χ3v) is 7.05. The molecule has 1 aromatic heterocycles. The summed E-state index contributed by atoms with van der Waals surface area (Å²) in [4.78, 5) is 22.4. The number of rotatable bonds is 8. The van der Waals surface area contributed by atoms with E-state index in [9.17, 15) is 4.79 Å². The highest BCUT2D eigenvalue weighted by atomic mass is 79.9. The molecule has 0 radical (unpaired) electrons. The van der Waals surface area contributed by atoms with Crippen LogP contribution < -0.4 is 14.4 Å². The van der Waals surface area contributed by atoms with Crippen LogP contribution in [0.5, 0.6) is 11.5 Å². The Kier molecular flexibility index (Phi) is 9.34. The number of morpholine rings is 1. The molecule has 0 N–H and O–H groups in total. The second-order valence-electron chi connectivity index (χ2n) is 7.42. The first-order chi connectivity index (χ1) is 15.6. The van der Waals surface area contributed by atoms with Gasteiger partial charge < -0.3 is 14.2 Å². The number of hydrogen-bond donors (Lipinski definition) is 0. The zero-order chi connectivity index (χ0) is 22.5. The molecule has 3 aromatic rings. The number of aromatic nitrogens is 1. The van der Waals surface area contributed by atoms with Crippen molar-refractivity contribution in [3.05, 3.63) is 46.4 Å². The fourth-order valence-electron chi connectivity index (χ4n) is 3.70. The van der Waals surface area contributed by atoms with Crippen LogP contribution in [0.25, 0.3) is 10.2 Å². The lowest BCUT2D eigenvalue weighted by atomic mass is 10.2. The van der Waals surface area contributed by atoms with Crippen molar-refractivity contribution in [2.45, 2.75) is 6.42 Å². The first-order valence-electron chi connectivity index (χ1n) is 10.5. The summed E-state index contributed by atoms with van der Waals surface area (Å²) in [6, 6.07) is 11.1. The van der Waals surface area contributed by atoms with E-state index in [0.29, 0.717) is 34.3 Å². The number of ether oxygens (including phenoxy) is 3. The monoisotopic (exact) mass is 555 g/mol. The van der Waals surface area contributed by atoms with E-state index in [4.69, 9.17) is 19.2 Å². The molecule has 0 atom stereocenters. The van der Waals surface area contributed by atoms with Crippen LogP contribution in [0.1, 0.15) is 16.8 Å². The van der Waals surface area contributed by atoms with Crippen LogP contribution in [0.15, 0.2) is 40.9 Å². The van der Waals surface area contributed by atoms with Crippen molar-refractivity contribution in [2.24, 2.45) is 0 Å². The minimum Gasteiger partial charge on any atom is -0.495 e. The molecule has 0 saturated carbocycles. The molecule has 1 saturated heterocycles. The third kappa shape index (κ3) is 5.96. The number of thiazole rings is 1. The largest absolute Gasteiger partial charge is 0.495 e. The maximum Gasteiger partial charge on any atom is 0.260 e. The molecule has 1 amide bonds. The maximum atomic E-state index is 13.5. The number of hydrogen-bond acceptors (Lipinski definition) is 7. The Hall–Kier alpha value is -1.91. The van der Waals surface area contributed by atoms with Crippen LogP contribution in [0.2, 0.25) is 0 Å². The van der Waals surface area contributed by atoms with Gasteiger partial charge in [-0.1, -0.05) is 27.3 Å². The van der Waals surface area contributed by atoms with Crippen molar-refractivity contribution in [1.29, 1.82) is 0 Å². The van der Waals surface area contributed by atoms with E-state index in [-0.39, 0.29) is 18.3 Å². The van der Waals surface area contributed by atoms with Crippen molar-refractivity contribution in [3.63, 3.8) is 0 Å². The molecule has 2 aromatic carbocycles. The molecule has 0 spiro atoms. The number of amides is 1. The summed E-state index contributed by atoms with van der Waals surface area (Å²) >= 11 is 4.88. The molecule has 1 fully saturated rings. The Bertz CT molecular complexity index is 1030. The summed E-state index contributed by atoms with van der Waals surface area (Å²) in [6.07, 6.45) is 0.840. The van der Waals surface area contributed by atoms with Crippen LogP contribution in [-0.2, 0) is 4.74 Å². The molecule has 33 heavy (non-hydrogen) atoms. The quantitative estimate of drug-likeness (QED) is 0.395. The van der Waals surface area contributed by atoms with Gasteiger partial charge in [0.05, 0.1) is 27.4 Å². The highest BCUT2D eigenvalue weighted by molar-refractivity contribution is 9.10. The molecule has 178 valence electrons. The van der Waals surface area contributed by atoms with Gasteiger partial charge in [-0.3, -0.25) is 14.6 Å². The summed E-state index contributed by atoms with van der Waals surface area (Å²) in [6.45, 7) is 4.85. The average molecular weight is 557 g/mol. The summed E-state index contributed by atoms with van der Waals surface area (Å²) in [5.41, 5.74) is 1.33. The second kappa shape index (κ2) is 12.0. The molecule has 1 aliphatic rings. The van der Waals surface area contributed by atoms with Gasteiger partial charge in [0.1, 0.15) is 21.7 Å². The second-order valence-corrected chi connectivity index (χ2v) is 9.31. The number of methoxy groups -OCH3 is 2. The zero-order valence-electron chi connectivity index (χ0n) is 18.6. The number of benzene rings is 2. The summed E-state index contributed by atoms with van der Waals surface area (Å²) in [7, 11) is 3.25. The standard InChI is InChI=1S/C23H26BrN3O4S.ClH/c1-29-18-8-9-19(30-2)21-20(18)25-23(32-21)27(11-3-10-26-12-14-31-15-13-26)22(28)16-4-6-17(24)7-5-16;/h4-9H,3,10-15H2,1-2H3;1H. The normalized spacial score (nSPS) is 14.0. The maximum absolute atomic E-state index is 13.5.